The van der Waals surface area contributed by atoms with E-state index in [9.17, 15) is 14.0 Å². The highest BCUT2D eigenvalue weighted by Gasteiger charge is 2.24. The zero-order valence-electron chi connectivity index (χ0n) is 19.8. The molecule has 35 heavy (non-hydrogen) atoms. The average molecular weight is 479 g/mol. The Morgan fingerprint density at radius 1 is 1.14 bits per heavy atom. The molecule has 0 aliphatic carbocycles. The van der Waals surface area contributed by atoms with E-state index in [1.54, 1.807) is 12.1 Å². The van der Waals surface area contributed by atoms with Crippen LogP contribution in [0.3, 0.4) is 0 Å². The summed E-state index contributed by atoms with van der Waals surface area (Å²) in [5.41, 5.74) is 3.29. The molecule has 4 rings (SSSR count). The fourth-order valence-electron chi connectivity index (χ4n) is 4.28. The molecule has 0 spiro atoms. The van der Waals surface area contributed by atoms with Crippen molar-refractivity contribution in [2.45, 2.75) is 26.4 Å². The summed E-state index contributed by atoms with van der Waals surface area (Å²) in [4.78, 5) is 26.0. The monoisotopic (exact) mass is 478 g/mol. The van der Waals surface area contributed by atoms with Crippen LogP contribution in [-0.2, 0) is 11.2 Å². The highest BCUT2D eigenvalue weighted by Crippen LogP contribution is 2.32. The Morgan fingerprint density at radius 3 is 2.57 bits per heavy atom. The minimum Gasteiger partial charge on any atom is -0.490 e. The summed E-state index contributed by atoms with van der Waals surface area (Å²) in [5, 5.41) is 11.7. The third-order valence-electron chi connectivity index (χ3n) is 5.86. The predicted octanol–water partition coefficient (Wildman–Crippen LogP) is 4.60. The molecular weight excluding hydrogens is 451 g/mol. The predicted molar refractivity (Wildman–Crippen MR) is 131 cm³/mol. The molecule has 7 nitrogen and oxygen atoms in total. The topological polar surface area (TPSA) is 88.1 Å². The molecule has 8 heteroatoms. The Labute approximate surface area is 203 Å². The van der Waals surface area contributed by atoms with Crippen LogP contribution in [0.15, 0.2) is 54.6 Å². The number of nitrogens with zero attached hydrogens (tertiary/aromatic N) is 1. The van der Waals surface area contributed by atoms with Crippen LogP contribution in [0.25, 0.3) is 0 Å². The molecule has 0 bridgehead atoms. The van der Waals surface area contributed by atoms with E-state index in [-0.39, 0.29) is 17.6 Å². The summed E-state index contributed by atoms with van der Waals surface area (Å²) < 4.78 is 25.9. The number of carboxylic acids is 1. The minimum absolute atomic E-state index is 0.00527. The first-order valence-electron chi connectivity index (χ1n) is 11.2. The van der Waals surface area contributed by atoms with Crippen molar-refractivity contribution in [3.05, 3.63) is 82.7 Å². The standard InChI is InChI=1S/C27H27FN2O5/c1-16-10-20(34-15-21-14-30(3)23-6-4-5-7-24(23)35-21)11-17(2)26(16)27(33)29-19-8-9-22(28)18(12-19)13-25(31)32/h4-12,21H,13-15H2,1-3H3,(H,29,33)(H,31,32)/t21-/m0/s1. The second-order valence-electron chi connectivity index (χ2n) is 8.66. The third-order valence-corrected chi connectivity index (χ3v) is 5.86. The number of anilines is 2. The lowest BCUT2D eigenvalue weighted by Crippen LogP contribution is -2.41. The minimum atomic E-state index is -1.15. The number of carboxylic acid groups (broad SMARTS) is 1. The normalized spacial score (nSPS) is 14.6. The van der Waals surface area contributed by atoms with Crippen LogP contribution >= 0.6 is 0 Å². The summed E-state index contributed by atoms with van der Waals surface area (Å²) in [5.74, 6) is -0.693. The van der Waals surface area contributed by atoms with Gasteiger partial charge in [-0.05, 0) is 67.4 Å². The zero-order chi connectivity index (χ0) is 25.1. The molecule has 0 radical (unpaired) electrons. The molecule has 182 valence electrons. The number of halogens is 1. The second kappa shape index (κ2) is 10.0. The lowest BCUT2D eigenvalue weighted by molar-refractivity contribution is -0.136. The van der Waals surface area contributed by atoms with Gasteiger partial charge in [-0.3, -0.25) is 9.59 Å². The number of carbonyl (C=O) groups is 2. The maximum absolute atomic E-state index is 13.9. The Kier molecular flexibility index (Phi) is 6.91. The lowest BCUT2D eigenvalue weighted by atomic mass is 10.0. The SMILES string of the molecule is Cc1cc(OC[C@@H]2CN(C)c3ccccc3O2)cc(C)c1C(=O)Nc1ccc(F)c(CC(=O)O)c1. The van der Waals surface area contributed by atoms with E-state index in [4.69, 9.17) is 14.6 Å². The number of likely N-dealkylation sites (N-methyl/N-ethyl adjacent to an activating group) is 1. The number of aliphatic carboxylic acids is 1. The Balaban J connectivity index is 1.43. The van der Waals surface area contributed by atoms with E-state index < -0.39 is 18.2 Å². The quantitative estimate of drug-likeness (QED) is 0.516. The molecule has 3 aromatic rings. The first kappa shape index (κ1) is 24.1. The smallest absolute Gasteiger partial charge is 0.307 e. The van der Waals surface area contributed by atoms with Gasteiger partial charge in [0.05, 0.1) is 18.7 Å². The Bertz CT molecular complexity index is 1250. The van der Waals surface area contributed by atoms with Crippen LogP contribution in [0.1, 0.15) is 27.0 Å². The maximum Gasteiger partial charge on any atom is 0.307 e. The summed E-state index contributed by atoms with van der Waals surface area (Å²) in [6.07, 6.45) is -0.608. The van der Waals surface area contributed by atoms with Crippen molar-refractivity contribution in [3.8, 4) is 11.5 Å². The number of nitrogens with one attached hydrogen (secondary N) is 1. The molecule has 1 atom stereocenters. The first-order valence-corrected chi connectivity index (χ1v) is 11.2. The molecule has 0 saturated carbocycles. The van der Waals surface area contributed by atoms with Crippen LogP contribution in [0.2, 0.25) is 0 Å². The van der Waals surface area contributed by atoms with Crippen molar-refractivity contribution in [3.63, 3.8) is 0 Å². The lowest BCUT2D eigenvalue weighted by Gasteiger charge is -2.33. The Morgan fingerprint density at radius 2 is 1.86 bits per heavy atom. The van der Waals surface area contributed by atoms with Crippen LogP contribution in [-0.4, -0.2) is 43.3 Å². The highest BCUT2D eigenvalue weighted by atomic mass is 19.1. The number of hydrogen-bond donors (Lipinski definition) is 2. The van der Waals surface area contributed by atoms with E-state index in [0.717, 1.165) is 28.6 Å². The van der Waals surface area contributed by atoms with Crippen molar-refractivity contribution >= 4 is 23.3 Å². The molecule has 2 N–H and O–H groups in total. The van der Waals surface area contributed by atoms with E-state index >= 15 is 0 Å². The van der Waals surface area contributed by atoms with Gasteiger partial charge in [0, 0.05) is 23.9 Å². The van der Waals surface area contributed by atoms with Gasteiger partial charge in [-0.15, -0.1) is 0 Å². The van der Waals surface area contributed by atoms with Gasteiger partial charge >= 0.3 is 5.97 Å². The van der Waals surface area contributed by atoms with Crippen molar-refractivity contribution < 1.29 is 28.6 Å². The van der Waals surface area contributed by atoms with Gasteiger partial charge in [0.25, 0.3) is 5.91 Å². The summed E-state index contributed by atoms with van der Waals surface area (Å²) in [6.45, 7) is 4.68. The molecule has 1 aliphatic heterocycles. The van der Waals surface area contributed by atoms with E-state index in [0.29, 0.717) is 30.2 Å². The van der Waals surface area contributed by atoms with E-state index in [2.05, 4.69) is 10.2 Å². The molecule has 0 saturated heterocycles. The zero-order valence-corrected chi connectivity index (χ0v) is 19.8. The van der Waals surface area contributed by atoms with Crippen molar-refractivity contribution in [2.24, 2.45) is 0 Å². The van der Waals surface area contributed by atoms with Crippen LogP contribution in [0.4, 0.5) is 15.8 Å². The van der Waals surface area contributed by atoms with Gasteiger partial charge in [-0.1, -0.05) is 12.1 Å². The largest absolute Gasteiger partial charge is 0.490 e. The summed E-state index contributed by atoms with van der Waals surface area (Å²) in [6, 6.07) is 15.3. The number of ether oxygens (including phenoxy) is 2. The number of fused-ring (bicyclic) bond motifs is 1. The number of rotatable bonds is 7. The summed E-state index contributed by atoms with van der Waals surface area (Å²) >= 11 is 0. The molecule has 1 heterocycles. The molecule has 0 fully saturated rings. The Hall–Kier alpha value is -4.07. The number of hydrogen-bond acceptors (Lipinski definition) is 5. The van der Waals surface area contributed by atoms with Crippen molar-refractivity contribution in [2.75, 3.05) is 30.4 Å². The number of carbonyl (C=O) groups excluding carboxylic acids is 1. The molecular formula is C27H27FN2O5. The van der Waals surface area contributed by atoms with Crippen LogP contribution in [0, 0.1) is 19.7 Å². The first-order chi connectivity index (χ1) is 16.7. The van der Waals surface area contributed by atoms with Gasteiger partial charge in [0.2, 0.25) is 0 Å². The van der Waals surface area contributed by atoms with E-state index in [1.807, 2.05) is 45.2 Å². The number of para-hydroxylation sites is 2. The van der Waals surface area contributed by atoms with Crippen molar-refractivity contribution in [1.82, 2.24) is 0 Å². The fourth-order valence-corrected chi connectivity index (χ4v) is 4.28. The molecule has 0 aromatic heterocycles. The van der Waals surface area contributed by atoms with E-state index in [1.165, 1.54) is 12.1 Å². The van der Waals surface area contributed by atoms with Crippen LogP contribution < -0.4 is 19.7 Å². The average Bonchev–Trinajstić information content (AvgIpc) is 2.79. The van der Waals surface area contributed by atoms with Crippen molar-refractivity contribution in [1.29, 1.82) is 0 Å². The number of aryl methyl sites for hydroxylation is 2. The molecule has 1 aliphatic rings. The van der Waals surface area contributed by atoms with Gasteiger partial charge in [-0.25, -0.2) is 4.39 Å². The van der Waals surface area contributed by atoms with Gasteiger partial charge in [0.15, 0.2) is 0 Å². The van der Waals surface area contributed by atoms with Gasteiger partial charge < -0.3 is 24.8 Å². The highest BCUT2D eigenvalue weighted by molar-refractivity contribution is 6.06. The third kappa shape index (κ3) is 5.54. The molecule has 1 amide bonds. The number of amides is 1. The van der Waals surface area contributed by atoms with Gasteiger partial charge in [-0.2, -0.15) is 0 Å². The summed E-state index contributed by atoms with van der Waals surface area (Å²) in [7, 11) is 2.02. The molecule has 3 aromatic carbocycles. The number of benzene rings is 3. The van der Waals surface area contributed by atoms with Crippen LogP contribution in [0.5, 0.6) is 11.5 Å². The maximum atomic E-state index is 13.9. The van der Waals surface area contributed by atoms with Gasteiger partial charge in [0.1, 0.15) is 30.0 Å². The fraction of sp³-hybridized carbons (Fsp3) is 0.259. The second-order valence-corrected chi connectivity index (χ2v) is 8.66. The molecule has 0 unspecified atom stereocenters.